The monoisotopic (exact) mass is 437 g/mol. The van der Waals surface area contributed by atoms with Crippen molar-refractivity contribution in [2.45, 2.75) is 26.4 Å². The number of amides is 1. The Morgan fingerprint density at radius 3 is 2.59 bits per heavy atom. The van der Waals surface area contributed by atoms with Crippen molar-refractivity contribution >= 4 is 22.6 Å². The van der Waals surface area contributed by atoms with Crippen LogP contribution in [0.4, 0.5) is 18.9 Å². The smallest absolute Gasteiger partial charge is 0.321 e. The molecule has 3 aromatic heterocycles. The Labute approximate surface area is 181 Å². The number of carbonyl (C=O) groups excluding carboxylic acids is 1. The van der Waals surface area contributed by atoms with Gasteiger partial charge in [-0.1, -0.05) is 13.0 Å². The third-order valence-corrected chi connectivity index (χ3v) is 4.91. The minimum absolute atomic E-state index is 0.0989. The highest BCUT2D eigenvalue weighted by molar-refractivity contribution is 6.04. The maximum Gasteiger partial charge on any atom is 0.416 e. The number of anilines is 1. The van der Waals surface area contributed by atoms with Crippen molar-refractivity contribution in [3.63, 3.8) is 0 Å². The zero-order valence-electron chi connectivity index (χ0n) is 17.2. The molecule has 0 unspecified atom stereocenters. The van der Waals surface area contributed by atoms with Crippen LogP contribution in [0.25, 0.3) is 22.2 Å². The minimum Gasteiger partial charge on any atom is -0.321 e. The Balaban J connectivity index is 1.63. The number of alkyl halides is 3. The van der Waals surface area contributed by atoms with Gasteiger partial charge in [-0.25, -0.2) is 15.0 Å². The van der Waals surface area contributed by atoms with Gasteiger partial charge in [-0.05, 0) is 37.3 Å². The molecule has 4 aromatic rings. The third-order valence-electron chi connectivity index (χ3n) is 4.91. The molecule has 0 aliphatic rings. The lowest BCUT2D eigenvalue weighted by molar-refractivity contribution is -0.137. The average molecular weight is 437 g/mol. The lowest BCUT2D eigenvalue weighted by Gasteiger charge is -2.11. The zero-order chi connectivity index (χ0) is 22.9. The molecule has 0 aliphatic heterocycles. The molecule has 9 heteroatoms. The summed E-state index contributed by atoms with van der Waals surface area (Å²) in [6.45, 7) is 3.78. The predicted octanol–water partition coefficient (Wildman–Crippen LogP) is 5.23. The molecule has 1 amide bonds. The van der Waals surface area contributed by atoms with Crippen molar-refractivity contribution in [1.82, 2.24) is 19.9 Å². The van der Waals surface area contributed by atoms with Gasteiger partial charge in [-0.15, -0.1) is 0 Å². The molecule has 0 saturated heterocycles. The molecule has 0 aliphatic carbocycles. The van der Waals surface area contributed by atoms with Gasteiger partial charge >= 0.3 is 6.18 Å². The summed E-state index contributed by atoms with van der Waals surface area (Å²) in [5.74, 6) is 0.0414. The van der Waals surface area contributed by atoms with Crippen LogP contribution in [0.1, 0.15) is 34.4 Å². The van der Waals surface area contributed by atoms with E-state index in [0.717, 1.165) is 28.6 Å². The standard InChI is InChI=1S/C23H18F3N5O/c1-3-20-28-11-16-7-15(10-29-21(16)31-20)19-9-18(12-27-13(19)2)30-22(32)14-5-4-6-17(8-14)23(24,25)26/h4-12H,3H2,1-2H3,(H,30,32). The van der Waals surface area contributed by atoms with Crippen LogP contribution in [-0.2, 0) is 12.6 Å². The highest BCUT2D eigenvalue weighted by Crippen LogP contribution is 2.30. The van der Waals surface area contributed by atoms with Gasteiger partial charge in [0.05, 0.1) is 17.4 Å². The number of hydrogen-bond acceptors (Lipinski definition) is 5. The normalized spacial score (nSPS) is 11.5. The van der Waals surface area contributed by atoms with Crippen molar-refractivity contribution < 1.29 is 18.0 Å². The van der Waals surface area contributed by atoms with Gasteiger partial charge in [0.25, 0.3) is 5.91 Å². The van der Waals surface area contributed by atoms with Crippen LogP contribution in [-0.4, -0.2) is 25.8 Å². The van der Waals surface area contributed by atoms with Gasteiger partial charge in [-0.2, -0.15) is 13.2 Å². The maximum atomic E-state index is 12.9. The van der Waals surface area contributed by atoms with E-state index in [2.05, 4.69) is 25.3 Å². The second kappa shape index (κ2) is 8.33. The number of rotatable bonds is 4. The quantitative estimate of drug-likeness (QED) is 0.473. The Hall–Kier alpha value is -3.88. The molecular formula is C23H18F3N5O. The number of aromatic nitrogens is 4. The third kappa shape index (κ3) is 4.41. The number of pyridine rings is 2. The lowest BCUT2D eigenvalue weighted by atomic mass is 10.0. The van der Waals surface area contributed by atoms with Crippen LogP contribution >= 0.6 is 0 Å². The van der Waals surface area contributed by atoms with E-state index in [0.29, 0.717) is 29.3 Å². The van der Waals surface area contributed by atoms with Crippen molar-refractivity contribution in [1.29, 1.82) is 0 Å². The van der Waals surface area contributed by atoms with Crippen LogP contribution in [0.5, 0.6) is 0 Å². The number of halogens is 3. The summed E-state index contributed by atoms with van der Waals surface area (Å²) in [7, 11) is 0. The number of nitrogens with zero attached hydrogens (tertiary/aromatic N) is 4. The van der Waals surface area contributed by atoms with Crippen LogP contribution < -0.4 is 5.32 Å². The fraction of sp³-hybridized carbons (Fsp3) is 0.174. The number of hydrogen-bond donors (Lipinski definition) is 1. The molecule has 0 saturated carbocycles. The van der Waals surface area contributed by atoms with E-state index in [-0.39, 0.29) is 5.56 Å². The first-order chi connectivity index (χ1) is 15.2. The van der Waals surface area contributed by atoms with E-state index in [1.165, 1.54) is 18.3 Å². The summed E-state index contributed by atoms with van der Waals surface area (Å²) in [5.41, 5.74) is 2.13. The van der Waals surface area contributed by atoms with Crippen molar-refractivity contribution in [2.75, 3.05) is 5.32 Å². The molecule has 0 fully saturated rings. The molecule has 1 N–H and O–H groups in total. The van der Waals surface area contributed by atoms with E-state index >= 15 is 0 Å². The Morgan fingerprint density at radius 2 is 1.84 bits per heavy atom. The highest BCUT2D eigenvalue weighted by atomic mass is 19.4. The molecule has 0 radical (unpaired) electrons. The van der Waals surface area contributed by atoms with Crippen molar-refractivity contribution in [3.8, 4) is 11.1 Å². The van der Waals surface area contributed by atoms with E-state index in [1.807, 2.05) is 19.9 Å². The number of aryl methyl sites for hydroxylation is 2. The van der Waals surface area contributed by atoms with Gasteiger partial charge in [0.15, 0.2) is 5.65 Å². The van der Waals surface area contributed by atoms with Gasteiger partial charge in [0.2, 0.25) is 0 Å². The average Bonchev–Trinajstić information content (AvgIpc) is 2.79. The van der Waals surface area contributed by atoms with Crippen LogP contribution in [0.15, 0.2) is 55.0 Å². The second-order valence-corrected chi connectivity index (χ2v) is 7.17. The molecule has 0 spiro atoms. The van der Waals surface area contributed by atoms with E-state index in [9.17, 15) is 18.0 Å². The van der Waals surface area contributed by atoms with Gasteiger partial charge in [-0.3, -0.25) is 9.78 Å². The van der Waals surface area contributed by atoms with E-state index < -0.39 is 17.6 Å². The molecule has 6 nitrogen and oxygen atoms in total. The summed E-state index contributed by atoms with van der Waals surface area (Å²) >= 11 is 0. The van der Waals surface area contributed by atoms with E-state index in [4.69, 9.17) is 0 Å². The second-order valence-electron chi connectivity index (χ2n) is 7.17. The van der Waals surface area contributed by atoms with Crippen LogP contribution in [0, 0.1) is 6.92 Å². The summed E-state index contributed by atoms with van der Waals surface area (Å²) < 4.78 is 38.8. The van der Waals surface area contributed by atoms with Gasteiger partial charge in [0.1, 0.15) is 5.82 Å². The van der Waals surface area contributed by atoms with Gasteiger partial charge in [0, 0.05) is 46.6 Å². The molecule has 4 rings (SSSR count). The number of benzene rings is 1. The maximum absolute atomic E-state index is 12.9. The molecule has 162 valence electrons. The fourth-order valence-corrected chi connectivity index (χ4v) is 3.21. The summed E-state index contributed by atoms with van der Waals surface area (Å²) in [4.78, 5) is 29.9. The number of fused-ring (bicyclic) bond motifs is 1. The molecule has 0 bridgehead atoms. The summed E-state index contributed by atoms with van der Waals surface area (Å²) in [5, 5.41) is 3.37. The lowest BCUT2D eigenvalue weighted by Crippen LogP contribution is -2.14. The Morgan fingerprint density at radius 1 is 1.03 bits per heavy atom. The SMILES string of the molecule is CCc1ncc2cc(-c3cc(NC(=O)c4cccc(C(F)(F)F)c4)cnc3C)cnc2n1. The zero-order valence-corrected chi connectivity index (χ0v) is 17.2. The summed E-state index contributed by atoms with van der Waals surface area (Å²) in [6, 6.07) is 7.84. The fourth-order valence-electron chi connectivity index (χ4n) is 3.21. The summed E-state index contributed by atoms with van der Waals surface area (Å²) in [6.07, 6.45) is 1.00. The molecule has 3 heterocycles. The Kier molecular flexibility index (Phi) is 5.56. The molecular weight excluding hydrogens is 419 g/mol. The first kappa shape index (κ1) is 21.4. The Bertz CT molecular complexity index is 1320. The van der Waals surface area contributed by atoms with Crippen LogP contribution in [0.3, 0.4) is 0 Å². The first-order valence-electron chi connectivity index (χ1n) is 9.82. The largest absolute Gasteiger partial charge is 0.416 e. The molecule has 1 aromatic carbocycles. The topological polar surface area (TPSA) is 80.7 Å². The van der Waals surface area contributed by atoms with Crippen molar-refractivity contribution in [2.24, 2.45) is 0 Å². The van der Waals surface area contributed by atoms with Gasteiger partial charge < -0.3 is 5.32 Å². The first-order valence-corrected chi connectivity index (χ1v) is 9.82. The van der Waals surface area contributed by atoms with Crippen LogP contribution in [0.2, 0.25) is 0 Å². The number of nitrogens with one attached hydrogen (secondary N) is 1. The van der Waals surface area contributed by atoms with E-state index in [1.54, 1.807) is 18.5 Å². The van der Waals surface area contributed by atoms with Crippen molar-refractivity contribution in [3.05, 3.63) is 77.6 Å². The minimum atomic E-state index is -4.53. The predicted molar refractivity (Wildman–Crippen MR) is 114 cm³/mol. The highest BCUT2D eigenvalue weighted by Gasteiger charge is 2.30. The number of carbonyl (C=O) groups is 1. The molecule has 0 atom stereocenters. The molecule has 32 heavy (non-hydrogen) atoms.